The lowest BCUT2D eigenvalue weighted by molar-refractivity contribution is 0.215. The van der Waals surface area contributed by atoms with Gasteiger partial charge in [0.05, 0.1) is 5.52 Å². The predicted molar refractivity (Wildman–Crippen MR) is 72.2 cm³/mol. The van der Waals surface area contributed by atoms with Gasteiger partial charge in [0.25, 0.3) is 0 Å². The number of hydrogen-bond donors (Lipinski definition) is 1. The largest absolute Gasteiger partial charge is 0.384 e. The molecule has 2 aromatic carbocycles. The van der Waals surface area contributed by atoms with Crippen molar-refractivity contribution >= 4 is 10.9 Å². The molecule has 1 aromatic heterocycles. The zero-order valence-electron chi connectivity index (χ0n) is 10.4. The van der Waals surface area contributed by atoms with E-state index in [-0.39, 0.29) is 5.56 Å². The topological polar surface area (TPSA) is 33.1 Å². The van der Waals surface area contributed by atoms with Crippen molar-refractivity contribution in [2.45, 2.75) is 6.10 Å². The van der Waals surface area contributed by atoms with Gasteiger partial charge in [-0.1, -0.05) is 30.3 Å². The molecule has 0 amide bonds. The first-order chi connectivity index (χ1) is 9.68. The fourth-order valence-corrected chi connectivity index (χ4v) is 2.26. The third-order valence-electron chi connectivity index (χ3n) is 3.25. The van der Waals surface area contributed by atoms with Gasteiger partial charge >= 0.3 is 0 Å². The third-order valence-corrected chi connectivity index (χ3v) is 3.25. The molecule has 3 rings (SSSR count). The van der Waals surface area contributed by atoms with Gasteiger partial charge in [-0.2, -0.15) is 0 Å². The van der Waals surface area contributed by atoms with E-state index in [1.807, 2.05) is 0 Å². The zero-order valence-corrected chi connectivity index (χ0v) is 10.4. The van der Waals surface area contributed by atoms with Crippen molar-refractivity contribution in [3.8, 4) is 0 Å². The van der Waals surface area contributed by atoms with Crippen molar-refractivity contribution in [1.82, 2.24) is 4.98 Å². The number of aromatic nitrogens is 1. The lowest BCUT2D eigenvalue weighted by atomic mass is 9.97. The van der Waals surface area contributed by atoms with E-state index in [9.17, 15) is 13.9 Å². The summed E-state index contributed by atoms with van der Waals surface area (Å²) in [6.07, 6.45) is 0.403. The summed E-state index contributed by atoms with van der Waals surface area (Å²) in [5.41, 5.74) is 1.11. The number of aliphatic hydroxyl groups excluding tert-OH is 1. The van der Waals surface area contributed by atoms with E-state index in [1.54, 1.807) is 36.5 Å². The highest BCUT2D eigenvalue weighted by Gasteiger charge is 2.19. The summed E-state index contributed by atoms with van der Waals surface area (Å²) in [6.45, 7) is 0. The van der Waals surface area contributed by atoms with Crippen molar-refractivity contribution in [3.05, 3.63) is 77.5 Å². The second-order valence-corrected chi connectivity index (χ2v) is 4.46. The Labute approximate surface area is 114 Å². The molecule has 1 atom stereocenters. The average Bonchev–Trinajstić information content (AvgIpc) is 2.49. The number of fused-ring (bicyclic) bond motifs is 1. The van der Waals surface area contributed by atoms with Crippen LogP contribution in [0.1, 0.15) is 17.2 Å². The summed E-state index contributed by atoms with van der Waals surface area (Å²) in [4.78, 5) is 4.18. The Kier molecular flexibility index (Phi) is 3.16. The normalized spacial score (nSPS) is 12.6. The van der Waals surface area contributed by atoms with Gasteiger partial charge in [0.1, 0.15) is 6.10 Å². The Bertz CT molecular complexity index is 768. The molecule has 1 unspecified atom stereocenters. The first kappa shape index (κ1) is 12.7. The van der Waals surface area contributed by atoms with Crippen LogP contribution in [0.5, 0.6) is 0 Å². The summed E-state index contributed by atoms with van der Waals surface area (Å²) in [5, 5.41) is 11.1. The molecule has 1 N–H and O–H groups in total. The van der Waals surface area contributed by atoms with Gasteiger partial charge in [0.15, 0.2) is 11.6 Å². The molecule has 2 nitrogen and oxygen atoms in total. The van der Waals surface area contributed by atoms with Crippen molar-refractivity contribution in [2.24, 2.45) is 0 Å². The number of hydrogen-bond acceptors (Lipinski definition) is 2. The predicted octanol–water partition coefficient (Wildman–Crippen LogP) is 3.59. The summed E-state index contributed by atoms with van der Waals surface area (Å²) >= 11 is 0. The molecule has 4 heteroatoms. The molecule has 0 bridgehead atoms. The standard InChI is InChI=1S/C16H11F2NO/c17-13-7-1-5-12(15(13)18)16(20)11-4-2-8-14-10(11)6-3-9-19-14/h1-9,16,20H. The zero-order chi connectivity index (χ0) is 14.1. The Balaban J connectivity index is 2.18. The molecule has 20 heavy (non-hydrogen) atoms. The fraction of sp³-hybridized carbons (Fsp3) is 0.0625. The number of nitrogens with zero attached hydrogens (tertiary/aromatic N) is 1. The van der Waals surface area contributed by atoms with Crippen LogP contribution >= 0.6 is 0 Å². The van der Waals surface area contributed by atoms with E-state index in [4.69, 9.17) is 0 Å². The number of pyridine rings is 1. The second-order valence-electron chi connectivity index (χ2n) is 4.46. The van der Waals surface area contributed by atoms with Crippen LogP contribution in [-0.2, 0) is 0 Å². The minimum absolute atomic E-state index is 0.0821. The van der Waals surface area contributed by atoms with Gasteiger partial charge in [0, 0.05) is 17.1 Å². The van der Waals surface area contributed by atoms with E-state index < -0.39 is 17.7 Å². The summed E-state index contributed by atoms with van der Waals surface area (Å²) in [5.74, 6) is -2.00. The van der Waals surface area contributed by atoms with E-state index in [1.165, 1.54) is 12.1 Å². The molecule has 0 saturated carbocycles. The third kappa shape index (κ3) is 2.04. The van der Waals surface area contributed by atoms with Crippen LogP contribution < -0.4 is 0 Å². The second kappa shape index (κ2) is 4.98. The highest BCUT2D eigenvalue weighted by Crippen LogP contribution is 2.30. The van der Waals surface area contributed by atoms with Crippen LogP contribution in [0.15, 0.2) is 54.7 Å². The van der Waals surface area contributed by atoms with E-state index in [0.29, 0.717) is 16.5 Å². The van der Waals surface area contributed by atoms with Gasteiger partial charge < -0.3 is 5.11 Å². The first-order valence-electron chi connectivity index (χ1n) is 6.14. The van der Waals surface area contributed by atoms with Crippen molar-refractivity contribution in [3.63, 3.8) is 0 Å². The molecule has 0 radical (unpaired) electrons. The smallest absolute Gasteiger partial charge is 0.164 e. The van der Waals surface area contributed by atoms with Crippen LogP contribution in [0.4, 0.5) is 8.78 Å². The average molecular weight is 271 g/mol. The Hall–Kier alpha value is -2.33. The van der Waals surface area contributed by atoms with E-state index in [2.05, 4.69) is 4.98 Å². The minimum Gasteiger partial charge on any atom is -0.384 e. The molecule has 100 valence electrons. The van der Waals surface area contributed by atoms with Crippen molar-refractivity contribution in [1.29, 1.82) is 0 Å². The maximum Gasteiger partial charge on any atom is 0.164 e. The molecule has 0 aliphatic heterocycles. The summed E-state index contributed by atoms with van der Waals surface area (Å²) in [6, 6.07) is 12.5. The van der Waals surface area contributed by atoms with Gasteiger partial charge in [-0.15, -0.1) is 0 Å². The van der Waals surface area contributed by atoms with Crippen LogP contribution in [-0.4, -0.2) is 10.1 Å². The number of aliphatic hydroxyl groups is 1. The summed E-state index contributed by atoms with van der Waals surface area (Å²) in [7, 11) is 0. The molecular formula is C16H11F2NO. The maximum atomic E-state index is 13.8. The monoisotopic (exact) mass is 271 g/mol. The molecule has 0 saturated heterocycles. The molecule has 0 aliphatic rings. The van der Waals surface area contributed by atoms with Gasteiger partial charge in [-0.25, -0.2) is 8.78 Å². The maximum absolute atomic E-state index is 13.8. The number of benzene rings is 2. The molecule has 0 spiro atoms. The Morgan fingerprint density at radius 3 is 2.50 bits per heavy atom. The summed E-state index contributed by atoms with van der Waals surface area (Å²) < 4.78 is 27.1. The quantitative estimate of drug-likeness (QED) is 0.772. The number of halogens is 2. The Morgan fingerprint density at radius 1 is 0.900 bits per heavy atom. The number of rotatable bonds is 2. The molecule has 0 aliphatic carbocycles. The van der Waals surface area contributed by atoms with Crippen LogP contribution in [0.25, 0.3) is 10.9 Å². The fourth-order valence-electron chi connectivity index (χ4n) is 2.26. The highest BCUT2D eigenvalue weighted by molar-refractivity contribution is 5.82. The molecule has 3 aromatic rings. The van der Waals surface area contributed by atoms with Gasteiger partial charge in [-0.3, -0.25) is 4.98 Å². The highest BCUT2D eigenvalue weighted by atomic mass is 19.2. The van der Waals surface area contributed by atoms with Gasteiger partial charge in [-0.05, 0) is 23.8 Å². The van der Waals surface area contributed by atoms with Crippen LogP contribution in [0.2, 0.25) is 0 Å². The molecule has 0 fully saturated rings. The minimum atomic E-state index is -1.24. The lowest BCUT2D eigenvalue weighted by Gasteiger charge is -2.14. The van der Waals surface area contributed by atoms with E-state index >= 15 is 0 Å². The first-order valence-corrected chi connectivity index (χ1v) is 6.14. The van der Waals surface area contributed by atoms with Gasteiger partial charge in [0.2, 0.25) is 0 Å². The lowest BCUT2D eigenvalue weighted by Crippen LogP contribution is -2.05. The Morgan fingerprint density at radius 2 is 1.65 bits per heavy atom. The van der Waals surface area contributed by atoms with Crippen LogP contribution in [0.3, 0.4) is 0 Å². The van der Waals surface area contributed by atoms with Crippen LogP contribution in [0, 0.1) is 11.6 Å². The van der Waals surface area contributed by atoms with E-state index in [0.717, 1.165) is 6.07 Å². The van der Waals surface area contributed by atoms with Crippen molar-refractivity contribution < 1.29 is 13.9 Å². The molecule has 1 heterocycles. The molecular weight excluding hydrogens is 260 g/mol. The SMILES string of the molecule is OC(c1cccc(F)c1F)c1cccc2ncccc12. The van der Waals surface area contributed by atoms with Crippen molar-refractivity contribution in [2.75, 3.05) is 0 Å².